The molecule has 0 saturated carbocycles. The molecule has 0 radical (unpaired) electrons. The van der Waals surface area contributed by atoms with E-state index in [9.17, 15) is 18.0 Å². The zero-order valence-electron chi connectivity index (χ0n) is 20.6. The highest BCUT2D eigenvalue weighted by atomic mass is 19.4. The number of anilines is 1. The molecule has 2 aromatic carbocycles. The molecule has 0 aromatic heterocycles. The minimum absolute atomic E-state index is 0.169. The molecule has 3 rings (SSSR count). The van der Waals surface area contributed by atoms with Crippen molar-refractivity contribution in [2.24, 2.45) is 10.2 Å². The fourth-order valence-electron chi connectivity index (χ4n) is 3.75. The summed E-state index contributed by atoms with van der Waals surface area (Å²) in [6, 6.07) is 11.3. The molecule has 2 aromatic rings. The fourth-order valence-corrected chi connectivity index (χ4v) is 3.75. The molecule has 1 aliphatic heterocycles. The number of alkyl halides is 3. The summed E-state index contributed by atoms with van der Waals surface area (Å²) in [6.07, 6.45) is -8.66. The van der Waals surface area contributed by atoms with E-state index in [1.807, 2.05) is 6.92 Å². The van der Waals surface area contributed by atoms with Crippen molar-refractivity contribution in [3.05, 3.63) is 48.5 Å². The summed E-state index contributed by atoms with van der Waals surface area (Å²) in [5, 5.41) is 10.5. The van der Waals surface area contributed by atoms with Crippen molar-refractivity contribution in [1.29, 1.82) is 0 Å². The molecule has 0 aliphatic carbocycles. The van der Waals surface area contributed by atoms with Gasteiger partial charge in [0, 0.05) is 32.6 Å². The average molecular weight is 527 g/mol. The molecule has 0 bridgehead atoms. The molecule has 1 saturated heterocycles. The number of rotatable bonds is 9. The van der Waals surface area contributed by atoms with Crippen LogP contribution in [0.25, 0.3) is 0 Å². The normalized spacial score (nSPS) is 24.1. The summed E-state index contributed by atoms with van der Waals surface area (Å²) >= 11 is 0. The molecule has 10 nitrogen and oxygen atoms in total. The first-order chi connectivity index (χ1) is 17.6. The van der Waals surface area contributed by atoms with Gasteiger partial charge in [-0.3, -0.25) is 5.32 Å². The number of nitrogens with one attached hydrogen (secondary N) is 1. The van der Waals surface area contributed by atoms with Gasteiger partial charge in [-0.05, 0) is 50.2 Å². The highest BCUT2D eigenvalue weighted by molar-refractivity contribution is 5.84. The number of benzene rings is 2. The predicted molar refractivity (Wildman–Crippen MR) is 125 cm³/mol. The van der Waals surface area contributed by atoms with Crippen LogP contribution in [0.15, 0.2) is 58.8 Å². The Morgan fingerprint density at radius 3 is 2.30 bits per heavy atom. The topological polar surface area (TPSA) is 109 Å². The van der Waals surface area contributed by atoms with Crippen LogP contribution in [0.3, 0.4) is 0 Å². The predicted octanol–water partition coefficient (Wildman–Crippen LogP) is 5.73. The summed E-state index contributed by atoms with van der Waals surface area (Å²) in [6.45, 7) is 4.03. The zero-order valence-corrected chi connectivity index (χ0v) is 20.6. The molecule has 13 heteroatoms. The van der Waals surface area contributed by atoms with Crippen LogP contribution in [0.5, 0.6) is 5.75 Å². The van der Waals surface area contributed by atoms with Gasteiger partial charge in [0.25, 0.3) is 0 Å². The van der Waals surface area contributed by atoms with Gasteiger partial charge in [0.2, 0.25) is 6.29 Å². The molecular formula is C24H28F3N3O7. The van der Waals surface area contributed by atoms with Crippen LogP contribution in [-0.4, -0.2) is 64.0 Å². The van der Waals surface area contributed by atoms with Crippen LogP contribution in [0.2, 0.25) is 0 Å². The van der Waals surface area contributed by atoms with Crippen LogP contribution >= 0.6 is 0 Å². The third-order valence-corrected chi connectivity index (χ3v) is 5.30. The van der Waals surface area contributed by atoms with Crippen LogP contribution in [0.4, 0.5) is 35.0 Å². The largest absolute Gasteiger partial charge is 0.573 e. The number of hydrogen-bond donors (Lipinski definition) is 1. The second kappa shape index (κ2) is 12.8. The van der Waals surface area contributed by atoms with E-state index in [2.05, 4.69) is 20.3 Å². The minimum atomic E-state index is -4.80. The quantitative estimate of drug-likeness (QED) is 0.415. The summed E-state index contributed by atoms with van der Waals surface area (Å²) in [7, 11) is 3.00. The Labute approximate surface area is 211 Å². The monoisotopic (exact) mass is 527 g/mol. The van der Waals surface area contributed by atoms with Crippen LogP contribution in [-0.2, 0) is 23.7 Å². The van der Waals surface area contributed by atoms with Gasteiger partial charge in [0.15, 0.2) is 0 Å². The molecule has 1 fully saturated rings. The Morgan fingerprint density at radius 1 is 1.00 bits per heavy atom. The lowest BCUT2D eigenvalue weighted by molar-refractivity contribution is -0.292. The second-order valence-corrected chi connectivity index (χ2v) is 7.85. The van der Waals surface area contributed by atoms with E-state index in [1.54, 1.807) is 38.3 Å². The maximum atomic E-state index is 12.5. The Kier molecular flexibility index (Phi) is 9.80. The van der Waals surface area contributed by atoms with Crippen molar-refractivity contribution in [3.8, 4) is 5.75 Å². The number of azo groups is 1. The molecule has 1 amide bonds. The smallest absolute Gasteiger partial charge is 0.416 e. The maximum absolute atomic E-state index is 12.5. The van der Waals surface area contributed by atoms with E-state index in [4.69, 9.17) is 23.7 Å². The Hall–Kier alpha value is -3.26. The molecule has 5 unspecified atom stereocenters. The molecule has 37 heavy (non-hydrogen) atoms. The van der Waals surface area contributed by atoms with Gasteiger partial charge in [-0.2, -0.15) is 10.2 Å². The highest BCUT2D eigenvalue weighted by Crippen LogP contribution is 2.29. The first-order valence-electron chi connectivity index (χ1n) is 11.3. The lowest BCUT2D eigenvalue weighted by Crippen LogP contribution is -2.60. The third-order valence-electron chi connectivity index (χ3n) is 5.30. The van der Waals surface area contributed by atoms with Gasteiger partial charge < -0.3 is 28.4 Å². The second-order valence-electron chi connectivity index (χ2n) is 7.85. The zero-order chi connectivity index (χ0) is 27.0. The number of methoxy groups -OCH3 is 2. The van der Waals surface area contributed by atoms with E-state index in [0.717, 1.165) is 12.1 Å². The summed E-state index contributed by atoms with van der Waals surface area (Å²) in [5.41, 5.74) is 0.969. The van der Waals surface area contributed by atoms with Gasteiger partial charge in [-0.15, -0.1) is 13.2 Å². The van der Waals surface area contributed by atoms with E-state index < -0.39 is 48.9 Å². The van der Waals surface area contributed by atoms with E-state index in [0.29, 0.717) is 18.0 Å². The average Bonchev–Trinajstić information content (AvgIpc) is 2.83. The Morgan fingerprint density at radius 2 is 1.68 bits per heavy atom. The van der Waals surface area contributed by atoms with E-state index in [1.165, 1.54) is 19.2 Å². The summed E-state index contributed by atoms with van der Waals surface area (Å²) in [4.78, 5) is 12.5. The Balaban J connectivity index is 1.59. The van der Waals surface area contributed by atoms with Crippen LogP contribution < -0.4 is 10.1 Å². The number of hydrogen-bond acceptors (Lipinski definition) is 9. The lowest BCUT2D eigenvalue weighted by atomic mass is 9.99. The molecule has 1 aliphatic rings. The van der Waals surface area contributed by atoms with Gasteiger partial charge in [-0.25, -0.2) is 4.79 Å². The van der Waals surface area contributed by atoms with Crippen molar-refractivity contribution < 1.29 is 46.4 Å². The van der Waals surface area contributed by atoms with Crippen molar-refractivity contribution in [1.82, 2.24) is 0 Å². The molecule has 202 valence electrons. The van der Waals surface area contributed by atoms with Crippen molar-refractivity contribution in [3.63, 3.8) is 0 Å². The Bertz CT molecular complexity index is 1050. The standard InChI is InChI=1S/C24H28F3N3O7/c1-5-34-20-19(32-3)14(2)35-22(21(20)33-4)36-23(31)28-15-9-11-16(12-10-15)29-30-17-7-6-8-18(13-17)37-24(25,26)27/h6-14,19-22H,5H2,1-4H3,(H,28,31). The first kappa shape index (κ1) is 28.3. The fraction of sp³-hybridized carbons (Fsp3) is 0.458. The number of halogens is 3. The maximum Gasteiger partial charge on any atom is 0.573 e. The lowest BCUT2D eigenvalue weighted by Gasteiger charge is -2.43. The third kappa shape index (κ3) is 8.12. The first-order valence-corrected chi connectivity index (χ1v) is 11.3. The summed E-state index contributed by atoms with van der Waals surface area (Å²) in [5.74, 6) is -0.403. The number of amides is 1. The molecular weight excluding hydrogens is 499 g/mol. The van der Waals surface area contributed by atoms with Crippen molar-refractivity contribution in [2.45, 2.75) is 50.9 Å². The van der Waals surface area contributed by atoms with Gasteiger partial charge >= 0.3 is 12.5 Å². The molecule has 0 spiro atoms. The number of nitrogens with zero attached hydrogens (tertiary/aromatic N) is 2. The van der Waals surface area contributed by atoms with Gasteiger partial charge in [0.05, 0.1) is 17.5 Å². The van der Waals surface area contributed by atoms with Crippen molar-refractivity contribution >= 4 is 23.2 Å². The minimum Gasteiger partial charge on any atom is -0.416 e. The number of carbonyl (C=O) groups is 1. The summed E-state index contributed by atoms with van der Waals surface area (Å²) < 4.78 is 69.0. The van der Waals surface area contributed by atoms with Crippen molar-refractivity contribution in [2.75, 3.05) is 26.1 Å². The molecule has 1 N–H and O–H groups in total. The number of carbonyl (C=O) groups excluding carboxylic acids is 1. The van der Waals surface area contributed by atoms with Gasteiger partial charge in [0.1, 0.15) is 24.1 Å². The van der Waals surface area contributed by atoms with Crippen LogP contribution in [0.1, 0.15) is 13.8 Å². The van der Waals surface area contributed by atoms with Gasteiger partial charge in [-0.1, -0.05) is 6.07 Å². The number of ether oxygens (including phenoxy) is 6. The molecule has 5 atom stereocenters. The SMILES string of the molecule is CCOC1C(OC)C(C)OC(OC(=O)Nc2ccc(N=Nc3cccc(OC(F)(F)F)c3)cc2)C1OC. The van der Waals surface area contributed by atoms with Crippen LogP contribution in [0, 0.1) is 0 Å². The van der Waals surface area contributed by atoms with E-state index >= 15 is 0 Å². The van der Waals surface area contributed by atoms with E-state index in [-0.39, 0.29) is 5.69 Å². The molecule has 1 heterocycles. The highest BCUT2D eigenvalue weighted by Gasteiger charge is 2.47.